The molecule has 1 aliphatic carbocycles. The number of carbonyl (C=O) groups is 1. The molecule has 3 heterocycles. The lowest BCUT2D eigenvalue weighted by molar-refractivity contribution is -0.126. The van der Waals surface area contributed by atoms with Crippen molar-refractivity contribution in [1.29, 1.82) is 0 Å². The van der Waals surface area contributed by atoms with Crippen LogP contribution in [0.2, 0.25) is 0 Å². The van der Waals surface area contributed by atoms with Gasteiger partial charge in [-0.15, -0.1) is 0 Å². The number of benzene rings is 1. The molecule has 1 saturated carbocycles. The minimum atomic E-state index is -0.0281. The molecule has 0 saturated heterocycles. The van der Waals surface area contributed by atoms with Crippen molar-refractivity contribution in [2.75, 3.05) is 13.2 Å². The van der Waals surface area contributed by atoms with Gasteiger partial charge in [0.2, 0.25) is 5.91 Å². The Morgan fingerprint density at radius 1 is 0.943 bits per heavy atom. The molecule has 0 radical (unpaired) electrons. The minimum Gasteiger partial charge on any atom is -0.395 e. The summed E-state index contributed by atoms with van der Waals surface area (Å²) in [7, 11) is 1.90. The summed E-state index contributed by atoms with van der Waals surface area (Å²) in [5.74, 6) is 0.733. The smallest absolute Gasteiger partial charge is 0.223 e. The van der Waals surface area contributed by atoms with Gasteiger partial charge in [0.15, 0.2) is 5.82 Å². The minimum absolute atomic E-state index is 0.0189. The number of nitrogens with one attached hydrogen (secondary N) is 1. The number of rotatable bonds is 7. The molecule has 9 heteroatoms. The zero-order valence-corrected chi connectivity index (χ0v) is 19.7. The number of hydrogen-bond donors (Lipinski definition) is 2. The molecule has 0 aliphatic heterocycles. The highest BCUT2D eigenvalue weighted by Gasteiger charge is 2.27. The van der Waals surface area contributed by atoms with Gasteiger partial charge in [-0.3, -0.25) is 14.2 Å². The number of nitrogens with zero attached hydrogens (tertiary/aromatic N) is 6. The Balaban J connectivity index is 1.24. The topological polar surface area (TPSA) is 111 Å². The van der Waals surface area contributed by atoms with Crippen LogP contribution in [0.1, 0.15) is 31.7 Å². The van der Waals surface area contributed by atoms with Crippen molar-refractivity contribution in [3.8, 4) is 33.6 Å². The fraction of sp³-hybridized carbons (Fsp3) is 0.346. The van der Waals surface area contributed by atoms with Crippen molar-refractivity contribution >= 4 is 5.91 Å². The standard InChI is InChI=1S/C26H29N7O2/c1-32-16-22(14-30-32)19-3-2-4-20(11-19)25-28-12-21(13-29-25)23-15-31-33(17-23)24-7-5-18(6-8-24)26(35)27-9-10-34/h2-4,11-18,24,34H,5-10H2,1H3,(H,27,35). The molecule has 1 aliphatic rings. The van der Waals surface area contributed by atoms with Crippen LogP contribution < -0.4 is 5.32 Å². The van der Waals surface area contributed by atoms with E-state index in [0.717, 1.165) is 53.5 Å². The molecule has 5 rings (SSSR count). The number of aliphatic hydroxyl groups is 1. The maximum absolute atomic E-state index is 12.1. The van der Waals surface area contributed by atoms with E-state index in [9.17, 15) is 4.79 Å². The van der Waals surface area contributed by atoms with Gasteiger partial charge in [0.1, 0.15) is 0 Å². The molecule has 2 N–H and O–H groups in total. The molecule has 35 heavy (non-hydrogen) atoms. The molecule has 1 amide bonds. The van der Waals surface area contributed by atoms with Gasteiger partial charge in [-0.2, -0.15) is 10.2 Å². The van der Waals surface area contributed by atoms with Crippen molar-refractivity contribution < 1.29 is 9.90 Å². The molecular weight excluding hydrogens is 442 g/mol. The molecule has 0 spiro atoms. The van der Waals surface area contributed by atoms with Crippen molar-refractivity contribution in [1.82, 2.24) is 34.8 Å². The van der Waals surface area contributed by atoms with Gasteiger partial charge in [-0.1, -0.05) is 18.2 Å². The maximum Gasteiger partial charge on any atom is 0.223 e. The first-order chi connectivity index (χ1) is 17.1. The van der Waals surface area contributed by atoms with Crippen LogP contribution in [-0.2, 0) is 11.8 Å². The second-order valence-corrected chi connectivity index (χ2v) is 9.01. The molecule has 0 atom stereocenters. The summed E-state index contributed by atoms with van der Waals surface area (Å²) >= 11 is 0. The largest absolute Gasteiger partial charge is 0.395 e. The van der Waals surface area contributed by atoms with Gasteiger partial charge in [0, 0.05) is 66.6 Å². The van der Waals surface area contributed by atoms with E-state index in [1.54, 1.807) is 4.68 Å². The number of aromatic nitrogens is 6. The van der Waals surface area contributed by atoms with Gasteiger partial charge in [0.25, 0.3) is 0 Å². The Bertz CT molecular complexity index is 1290. The number of hydrogen-bond acceptors (Lipinski definition) is 6. The van der Waals surface area contributed by atoms with Crippen LogP contribution >= 0.6 is 0 Å². The quantitative estimate of drug-likeness (QED) is 0.428. The van der Waals surface area contributed by atoms with E-state index < -0.39 is 0 Å². The number of aryl methyl sites for hydroxylation is 1. The van der Waals surface area contributed by atoms with Crippen LogP contribution in [0.5, 0.6) is 0 Å². The Hall–Kier alpha value is -3.85. The Kier molecular flexibility index (Phi) is 6.67. The van der Waals surface area contributed by atoms with Crippen LogP contribution in [0.25, 0.3) is 33.6 Å². The van der Waals surface area contributed by atoms with Gasteiger partial charge in [-0.25, -0.2) is 9.97 Å². The summed E-state index contributed by atoms with van der Waals surface area (Å²) in [6.07, 6.45) is 14.9. The highest BCUT2D eigenvalue weighted by molar-refractivity contribution is 5.78. The molecule has 0 bridgehead atoms. The van der Waals surface area contributed by atoms with Crippen LogP contribution in [0, 0.1) is 5.92 Å². The second-order valence-electron chi connectivity index (χ2n) is 9.01. The van der Waals surface area contributed by atoms with E-state index in [4.69, 9.17) is 5.11 Å². The Labute approximate surface area is 203 Å². The zero-order chi connectivity index (χ0) is 24.2. The summed E-state index contributed by atoms with van der Waals surface area (Å²) < 4.78 is 3.79. The summed E-state index contributed by atoms with van der Waals surface area (Å²) in [4.78, 5) is 21.4. The molecule has 9 nitrogen and oxygen atoms in total. The zero-order valence-electron chi connectivity index (χ0n) is 19.7. The third-order valence-electron chi connectivity index (χ3n) is 6.60. The van der Waals surface area contributed by atoms with E-state index >= 15 is 0 Å². The number of aliphatic hydroxyl groups excluding tert-OH is 1. The fourth-order valence-corrected chi connectivity index (χ4v) is 4.65. The monoisotopic (exact) mass is 471 g/mol. The van der Waals surface area contributed by atoms with Crippen molar-refractivity contribution in [3.63, 3.8) is 0 Å². The van der Waals surface area contributed by atoms with Crippen LogP contribution in [-0.4, -0.2) is 53.7 Å². The molecule has 1 aromatic carbocycles. The average Bonchev–Trinajstić information content (AvgIpc) is 3.57. The van der Waals surface area contributed by atoms with Crippen LogP contribution in [0.3, 0.4) is 0 Å². The van der Waals surface area contributed by atoms with E-state index in [2.05, 4.69) is 37.6 Å². The van der Waals surface area contributed by atoms with Gasteiger partial charge >= 0.3 is 0 Å². The normalized spacial score (nSPS) is 17.9. The van der Waals surface area contributed by atoms with Gasteiger partial charge in [-0.05, 0) is 37.3 Å². The van der Waals surface area contributed by atoms with Crippen LogP contribution in [0.4, 0.5) is 0 Å². The molecular formula is C26H29N7O2. The van der Waals surface area contributed by atoms with E-state index in [1.165, 1.54) is 0 Å². The van der Waals surface area contributed by atoms with E-state index in [1.807, 2.05) is 61.0 Å². The summed E-state index contributed by atoms with van der Waals surface area (Å²) in [6.45, 7) is 0.289. The first-order valence-electron chi connectivity index (χ1n) is 12.0. The number of carbonyl (C=O) groups excluding carboxylic acids is 1. The Morgan fingerprint density at radius 2 is 1.66 bits per heavy atom. The number of amides is 1. The highest BCUT2D eigenvalue weighted by atomic mass is 16.3. The van der Waals surface area contributed by atoms with Crippen molar-refractivity contribution in [2.45, 2.75) is 31.7 Å². The molecule has 1 fully saturated rings. The average molecular weight is 472 g/mol. The summed E-state index contributed by atoms with van der Waals surface area (Å²) in [6, 6.07) is 8.42. The molecule has 0 unspecified atom stereocenters. The third kappa shape index (κ3) is 5.14. The predicted molar refractivity (Wildman–Crippen MR) is 132 cm³/mol. The SMILES string of the molecule is Cn1cc(-c2cccc(-c3ncc(-c4cnn(C5CCC(C(=O)NCCO)CC5)c4)cn3)c2)cn1. The summed E-state index contributed by atoms with van der Waals surface area (Å²) in [5.41, 5.74) is 4.97. The van der Waals surface area contributed by atoms with Gasteiger partial charge < -0.3 is 10.4 Å². The Morgan fingerprint density at radius 3 is 2.37 bits per heavy atom. The lowest BCUT2D eigenvalue weighted by Gasteiger charge is -2.27. The lowest BCUT2D eigenvalue weighted by Crippen LogP contribution is -2.35. The van der Waals surface area contributed by atoms with Crippen molar-refractivity contribution in [3.05, 3.63) is 61.4 Å². The first-order valence-corrected chi connectivity index (χ1v) is 12.0. The van der Waals surface area contributed by atoms with Crippen LogP contribution in [0.15, 0.2) is 61.4 Å². The first kappa shape index (κ1) is 22.9. The van der Waals surface area contributed by atoms with E-state index in [-0.39, 0.29) is 24.5 Å². The highest BCUT2D eigenvalue weighted by Crippen LogP contribution is 2.33. The third-order valence-corrected chi connectivity index (χ3v) is 6.60. The lowest BCUT2D eigenvalue weighted by atomic mass is 9.85. The second kappa shape index (κ2) is 10.2. The van der Waals surface area contributed by atoms with Crippen molar-refractivity contribution in [2.24, 2.45) is 13.0 Å². The fourth-order valence-electron chi connectivity index (χ4n) is 4.65. The van der Waals surface area contributed by atoms with Gasteiger partial charge in [0.05, 0.1) is 25.0 Å². The predicted octanol–water partition coefficient (Wildman–Crippen LogP) is 3.25. The van der Waals surface area contributed by atoms with E-state index in [0.29, 0.717) is 12.4 Å². The summed E-state index contributed by atoms with van der Waals surface area (Å²) in [5, 5.41) is 20.5. The molecule has 180 valence electrons. The molecule has 3 aromatic heterocycles. The molecule has 4 aromatic rings. The maximum atomic E-state index is 12.1.